The highest BCUT2D eigenvalue weighted by Crippen LogP contribution is 2.36. The van der Waals surface area contributed by atoms with E-state index in [0.29, 0.717) is 24.1 Å². The molecule has 27 heavy (non-hydrogen) atoms. The number of carboxylic acids is 1. The summed E-state index contributed by atoms with van der Waals surface area (Å²) in [4.78, 5) is 25.0. The van der Waals surface area contributed by atoms with Gasteiger partial charge in [-0.05, 0) is 48.6 Å². The highest BCUT2D eigenvalue weighted by molar-refractivity contribution is 5.97. The monoisotopic (exact) mass is 364 g/mol. The first-order valence-corrected chi connectivity index (χ1v) is 8.83. The van der Waals surface area contributed by atoms with Crippen LogP contribution in [0.2, 0.25) is 0 Å². The van der Waals surface area contributed by atoms with Gasteiger partial charge in [-0.1, -0.05) is 24.3 Å². The van der Waals surface area contributed by atoms with Gasteiger partial charge < -0.3 is 15.0 Å². The summed E-state index contributed by atoms with van der Waals surface area (Å²) in [6.07, 6.45) is 3.75. The first-order valence-electron chi connectivity index (χ1n) is 8.83. The second-order valence-electron chi connectivity index (χ2n) is 6.85. The second kappa shape index (κ2) is 6.42. The lowest BCUT2D eigenvalue weighted by Gasteiger charge is -2.36. The van der Waals surface area contributed by atoms with Crippen LogP contribution in [-0.4, -0.2) is 31.7 Å². The van der Waals surface area contributed by atoms with Crippen LogP contribution in [-0.2, 0) is 23.8 Å². The molecule has 3 N–H and O–H groups in total. The number of hydrogen-bond donors (Lipinski definition) is 3. The molecule has 4 rings (SSSR count). The summed E-state index contributed by atoms with van der Waals surface area (Å²) in [7, 11) is 1.89. The van der Waals surface area contributed by atoms with Crippen LogP contribution >= 0.6 is 0 Å². The number of fused-ring (bicyclic) bond motifs is 1. The largest absolute Gasteiger partial charge is 0.479 e. The van der Waals surface area contributed by atoms with E-state index in [2.05, 4.69) is 15.5 Å². The molecule has 7 heteroatoms. The van der Waals surface area contributed by atoms with Crippen molar-refractivity contribution in [3.05, 3.63) is 65.5 Å². The Morgan fingerprint density at radius 3 is 2.81 bits per heavy atom. The number of benzene rings is 1. The van der Waals surface area contributed by atoms with Crippen LogP contribution in [0.25, 0.3) is 11.4 Å². The number of carboxylic acid groups (broad SMARTS) is 1. The van der Waals surface area contributed by atoms with Crippen molar-refractivity contribution in [1.82, 2.24) is 20.1 Å². The molecule has 0 spiro atoms. The Morgan fingerprint density at radius 1 is 1.26 bits per heavy atom. The number of aromatic nitrogens is 3. The molecule has 3 aromatic rings. The van der Waals surface area contributed by atoms with Crippen LogP contribution in [0, 0.1) is 0 Å². The Kier molecular flexibility index (Phi) is 4.07. The average Bonchev–Trinajstić information content (AvgIpc) is 3.30. The molecule has 0 radical (unpaired) electrons. The number of nitrogens with zero attached hydrogens (tertiary/aromatic N) is 2. The number of aliphatic carboxylic acids is 1. The molecule has 0 saturated carbocycles. The van der Waals surface area contributed by atoms with Crippen LogP contribution in [0.15, 0.2) is 48.7 Å². The standard InChI is InChI=1S/C20H20N4O3/c1-24-11-5-9-17(24)15-12-16(23-22-15)18(25)21-20(19(26)27)10-4-7-13-6-2-3-8-14(13)20/h2-3,5-6,8-9,11-12H,4,7,10H2,1H3,(H,21,25)(H,22,23)(H,26,27). The molecule has 0 fully saturated rings. The fourth-order valence-electron chi connectivity index (χ4n) is 3.80. The number of carbonyl (C=O) groups is 2. The van der Waals surface area contributed by atoms with E-state index < -0.39 is 17.4 Å². The summed E-state index contributed by atoms with van der Waals surface area (Å²) in [6, 6.07) is 12.8. The SMILES string of the molecule is Cn1cccc1-c1cc(C(=O)NC2(C(=O)O)CCCc3ccccc32)[nH]n1. The zero-order chi connectivity index (χ0) is 19.0. The summed E-state index contributed by atoms with van der Waals surface area (Å²) in [5.41, 5.74) is 1.90. The fraction of sp³-hybridized carbons (Fsp3) is 0.250. The number of amides is 1. The second-order valence-corrected chi connectivity index (χ2v) is 6.85. The molecule has 7 nitrogen and oxygen atoms in total. The Hall–Kier alpha value is -3.35. The van der Waals surface area contributed by atoms with Crippen molar-refractivity contribution in [3.63, 3.8) is 0 Å². The minimum atomic E-state index is -1.43. The number of hydrogen-bond acceptors (Lipinski definition) is 3. The molecule has 1 aliphatic carbocycles. The minimum absolute atomic E-state index is 0.231. The lowest BCUT2D eigenvalue weighted by atomic mass is 9.76. The number of rotatable bonds is 4. The Balaban J connectivity index is 1.66. The number of carbonyl (C=O) groups excluding carboxylic acids is 1. The number of aromatic amines is 1. The third kappa shape index (κ3) is 2.81. The molecular formula is C20H20N4O3. The van der Waals surface area contributed by atoms with Gasteiger partial charge in [-0.2, -0.15) is 5.10 Å². The van der Waals surface area contributed by atoms with Gasteiger partial charge in [0.2, 0.25) is 0 Å². The van der Waals surface area contributed by atoms with E-state index in [9.17, 15) is 14.7 Å². The van der Waals surface area contributed by atoms with Crippen molar-refractivity contribution < 1.29 is 14.7 Å². The zero-order valence-electron chi connectivity index (χ0n) is 14.9. The van der Waals surface area contributed by atoms with Gasteiger partial charge in [0.1, 0.15) is 11.4 Å². The molecule has 1 amide bonds. The van der Waals surface area contributed by atoms with E-state index in [1.807, 2.05) is 42.1 Å². The Bertz CT molecular complexity index is 1020. The van der Waals surface area contributed by atoms with Gasteiger partial charge in [-0.25, -0.2) is 4.79 Å². The maximum atomic E-state index is 12.8. The predicted octanol–water partition coefficient (Wildman–Crippen LogP) is 2.46. The Labute approximate surface area is 156 Å². The van der Waals surface area contributed by atoms with E-state index in [-0.39, 0.29) is 5.69 Å². The highest BCUT2D eigenvalue weighted by atomic mass is 16.4. The summed E-state index contributed by atoms with van der Waals surface area (Å²) in [6.45, 7) is 0. The van der Waals surface area contributed by atoms with Crippen molar-refractivity contribution in [2.45, 2.75) is 24.8 Å². The third-order valence-corrected chi connectivity index (χ3v) is 5.20. The van der Waals surface area contributed by atoms with E-state index >= 15 is 0 Å². The zero-order valence-corrected chi connectivity index (χ0v) is 14.9. The van der Waals surface area contributed by atoms with Crippen LogP contribution < -0.4 is 5.32 Å². The summed E-state index contributed by atoms with van der Waals surface area (Å²) in [5.74, 6) is -1.53. The summed E-state index contributed by atoms with van der Waals surface area (Å²) >= 11 is 0. The molecule has 2 aromatic heterocycles. The minimum Gasteiger partial charge on any atom is -0.479 e. The number of H-pyrrole nitrogens is 1. The van der Waals surface area contributed by atoms with Gasteiger partial charge in [0.05, 0.1) is 5.69 Å². The third-order valence-electron chi connectivity index (χ3n) is 5.20. The number of nitrogens with one attached hydrogen (secondary N) is 2. The van der Waals surface area contributed by atoms with Crippen molar-refractivity contribution in [1.29, 1.82) is 0 Å². The molecule has 1 unspecified atom stereocenters. The molecule has 2 heterocycles. The van der Waals surface area contributed by atoms with Crippen LogP contribution in [0.1, 0.15) is 34.5 Å². The van der Waals surface area contributed by atoms with Crippen molar-refractivity contribution in [2.24, 2.45) is 7.05 Å². The lowest BCUT2D eigenvalue weighted by molar-refractivity contribution is -0.145. The van der Waals surface area contributed by atoms with Crippen molar-refractivity contribution in [2.75, 3.05) is 0 Å². The van der Waals surface area contributed by atoms with E-state index in [0.717, 1.165) is 17.7 Å². The molecular weight excluding hydrogens is 344 g/mol. The molecule has 1 aromatic carbocycles. The topological polar surface area (TPSA) is 100 Å². The maximum absolute atomic E-state index is 12.8. The smallest absolute Gasteiger partial charge is 0.334 e. The quantitative estimate of drug-likeness (QED) is 0.662. The van der Waals surface area contributed by atoms with Crippen molar-refractivity contribution in [3.8, 4) is 11.4 Å². The van der Waals surface area contributed by atoms with Gasteiger partial charge in [0.15, 0.2) is 5.54 Å². The molecule has 138 valence electrons. The molecule has 1 atom stereocenters. The van der Waals surface area contributed by atoms with Crippen LogP contribution in [0.3, 0.4) is 0 Å². The van der Waals surface area contributed by atoms with Crippen LogP contribution in [0.5, 0.6) is 0 Å². The van der Waals surface area contributed by atoms with Gasteiger partial charge in [-0.15, -0.1) is 0 Å². The van der Waals surface area contributed by atoms with Gasteiger partial charge in [-0.3, -0.25) is 9.89 Å². The molecule has 0 saturated heterocycles. The first-order chi connectivity index (χ1) is 13.0. The van der Waals surface area contributed by atoms with E-state index in [1.54, 1.807) is 18.2 Å². The highest BCUT2D eigenvalue weighted by Gasteiger charge is 2.45. The Morgan fingerprint density at radius 2 is 2.07 bits per heavy atom. The van der Waals surface area contributed by atoms with Crippen molar-refractivity contribution >= 4 is 11.9 Å². The molecule has 0 aliphatic heterocycles. The molecule has 0 bridgehead atoms. The van der Waals surface area contributed by atoms with Gasteiger partial charge in [0.25, 0.3) is 5.91 Å². The fourth-order valence-corrected chi connectivity index (χ4v) is 3.80. The van der Waals surface area contributed by atoms with Crippen LogP contribution in [0.4, 0.5) is 0 Å². The first kappa shape index (κ1) is 17.1. The predicted molar refractivity (Wildman–Crippen MR) is 99.2 cm³/mol. The van der Waals surface area contributed by atoms with Gasteiger partial charge >= 0.3 is 5.97 Å². The lowest BCUT2D eigenvalue weighted by Crippen LogP contribution is -2.53. The van der Waals surface area contributed by atoms with E-state index in [1.165, 1.54) is 0 Å². The number of aryl methyl sites for hydroxylation is 2. The maximum Gasteiger partial charge on any atom is 0.334 e. The van der Waals surface area contributed by atoms with E-state index in [4.69, 9.17) is 0 Å². The normalized spacial score (nSPS) is 18.7. The average molecular weight is 364 g/mol. The molecule has 1 aliphatic rings. The summed E-state index contributed by atoms with van der Waals surface area (Å²) < 4.78 is 1.90. The summed E-state index contributed by atoms with van der Waals surface area (Å²) in [5, 5.41) is 19.7. The van der Waals surface area contributed by atoms with Gasteiger partial charge in [0, 0.05) is 13.2 Å².